The van der Waals surface area contributed by atoms with Crippen molar-refractivity contribution >= 4 is 0 Å². The Bertz CT molecular complexity index is 506. The Morgan fingerprint density at radius 3 is 2.67 bits per heavy atom. The van der Waals surface area contributed by atoms with Gasteiger partial charge in [0.15, 0.2) is 6.23 Å². The number of nitrogens with zero attached hydrogens (tertiary/aromatic N) is 2. The third-order valence-corrected chi connectivity index (χ3v) is 2.67. The van der Waals surface area contributed by atoms with E-state index in [-0.39, 0.29) is 0 Å². The van der Waals surface area contributed by atoms with Crippen LogP contribution in [0.4, 0.5) is 4.39 Å². The normalized spacial score (nSPS) is 31.8. The summed E-state index contributed by atoms with van der Waals surface area (Å²) in [5.74, 6) is -2.60. The molecule has 1 radical (unpaired) electrons. The van der Waals surface area contributed by atoms with Gasteiger partial charge in [-0.1, -0.05) is 0 Å². The second kappa shape index (κ2) is 4.61. The van der Waals surface area contributed by atoms with Crippen LogP contribution < -0.4 is 5.69 Å². The monoisotopic (exact) mass is 261 g/mol. The lowest BCUT2D eigenvalue weighted by atomic mass is 10.1. The van der Waals surface area contributed by atoms with E-state index in [4.69, 9.17) is 9.84 Å². The lowest BCUT2D eigenvalue weighted by Crippen LogP contribution is -2.36. The van der Waals surface area contributed by atoms with Crippen molar-refractivity contribution in [2.45, 2.75) is 24.5 Å². The second-order valence-corrected chi connectivity index (χ2v) is 3.81. The molecule has 1 aromatic rings. The van der Waals surface area contributed by atoms with Crippen LogP contribution in [0.15, 0.2) is 11.0 Å². The molecule has 1 aliphatic rings. The molecule has 1 saturated heterocycles. The topological polar surface area (TPSA) is 125 Å². The number of aliphatic hydroxyl groups is 3. The van der Waals surface area contributed by atoms with Gasteiger partial charge >= 0.3 is 11.6 Å². The number of ether oxygens (including phenoxy) is 1. The second-order valence-electron chi connectivity index (χ2n) is 3.81. The zero-order valence-electron chi connectivity index (χ0n) is 8.93. The first kappa shape index (κ1) is 12.9. The molecule has 18 heavy (non-hydrogen) atoms. The summed E-state index contributed by atoms with van der Waals surface area (Å²) in [6, 6.07) is 0. The van der Waals surface area contributed by atoms with Gasteiger partial charge in [-0.3, -0.25) is 9.67 Å². The molecular weight excluding hydrogens is 251 g/mol. The molecular formula is C9H10FN2O6. The molecule has 2 heterocycles. The van der Waals surface area contributed by atoms with Crippen LogP contribution in [-0.4, -0.2) is 49.8 Å². The summed E-state index contributed by atoms with van der Waals surface area (Å²) in [5, 5.41) is 38.7. The summed E-state index contributed by atoms with van der Waals surface area (Å²) < 4.78 is 18.6. The molecule has 0 aromatic carbocycles. The summed E-state index contributed by atoms with van der Waals surface area (Å²) in [4.78, 5) is 14.2. The van der Waals surface area contributed by atoms with Gasteiger partial charge in [0.05, 0.1) is 12.8 Å². The minimum atomic E-state index is -1.54. The molecule has 2 rings (SSSR count). The summed E-state index contributed by atoms with van der Waals surface area (Å²) in [5.41, 5.74) is -1.11. The molecule has 0 spiro atoms. The first-order valence-electron chi connectivity index (χ1n) is 5.04. The molecule has 9 heteroatoms. The Morgan fingerprint density at radius 2 is 2.11 bits per heavy atom. The van der Waals surface area contributed by atoms with E-state index in [1.165, 1.54) is 0 Å². The third kappa shape index (κ3) is 1.97. The van der Waals surface area contributed by atoms with Crippen LogP contribution in [0.3, 0.4) is 0 Å². The van der Waals surface area contributed by atoms with Gasteiger partial charge in [-0.2, -0.15) is 9.37 Å². The van der Waals surface area contributed by atoms with Crippen LogP contribution in [0.1, 0.15) is 6.23 Å². The molecule has 0 saturated carbocycles. The molecule has 0 aliphatic carbocycles. The molecule has 3 N–H and O–H groups in total. The van der Waals surface area contributed by atoms with Crippen molar-refractivity contribution in [3.63, 3.8) is 0 Å². The highest BCUT2D eigenvalue weighted by Gasteiger charge is 2.44. The predicted octanol–water partition coefficient (Wildman–Crippen LogP) is -1.86. The lowest BCUT2D eigenvalue weighted by Gasteiger charge is -2.16. The maximum Gasteiger partial charge on any atom is 0.353 e. The summed E-state index contributed by atoms with van der Waals surface area (Å²) >= 11 is 0. The smallest absolute Gasteiger partial charge is 0.353 e. The van der Waals surface area contributed by atoms with Crippen LogP contribution in [0.5, 0.6) is 5.88 Å². The summed E-state index contributed by atoms with van der Waals surface area (Å²) in [7, 11) is 0. The molecule has 1 aliphatic heterocycles. The Kier molecular flexibility index (Phi) is 3.30. The van der Waals surface area contributed by atoms with Crippen LogP contribution in [0.25, 0.3) is 0 Å². The molecule has 4 atom stereocenters. The van der Waals surface area contributed by atoms with Crippen molar-refractivity contribution in [1.82, 2.24) is 9.55 Å². The van der Waals surface area contributed by atoms with Gasteiger partial charge in [-0.05, 0) is 0 Å². The van der Waals surface area contributed by atoms with Gasteiger partial charge < -0.3 is 20.1 Å². The zero-order chi connectivity index (χ0) is 13.4. The minimum Gasteiger partial charge on any atom is -0.394 e. The molecule has 1 aromatic heterocycles. The molecule has 0 amide bonds. The first-order valence-corrected chi connectivity index (χ1v) is 5.04. The highest BCUT2D eigenvalue weighted by Crippen LogP contribution is 2.28. The fourth-order valence-electron chi connectivity index (χ4n) is 1.72. The van der Waals surface area contributed by atoms with Crippen molar-refractivity contribution < 1.29 is 29.6 Å². The number of halogens is 1. The van der Waals surface area contributed by atoms with E-state index in [1.807, 2.05) is 0 Å². The van der Waals surface area contributed by atoms with Gasteiger partial charge in [-0.25, -0.2) is 4.79 Å². The number of aliphatic hydroxyl groups excluding tert-OH is 3. The molecule has 1 fully saturated rings. The van der Waals surface area contributed by atoms with Crippen LogP contribution in [0.2, 0.25) is 0 Å². The summed E-state index contributed by atoms with van der Waals surface area (Å²) in [6.07, 6.45) is -4.95. The molecule has 8 nitrogen and oxygen atoms in total. The Hall–Kier alpha value is -1.55. The minimum absolute atomic E-state index is 0.540. The molecule has 0 bridgehead atoms. The van der Waals surface area contributed by atoms with E-state index in [9.17, 15) is 24.5 Å². The van der Waals surface area contributed by atoms with E-state index in [2.05, 4.69) is 4.98 Å². The lowest BCUT2D eigenvalue weighted by molar-refractivity contribution is -0.0555. The first-order chi connectivity index (χ1) is 8.45. The van der Waals surface area contributed by atoms with Gasteiger partial charge in [0.25, 0.3) is 0 Å². The zero-order valence-corrected chi connectivity index (χ0v) is 8.93. The van der Waals surface area contributed by atoms with E-state index in [1.54, 1.807) is 0 Å². The van der Waals surface area contributed by atoms with Gasteiger partial charge in [-0.15, -0.1) is 0 Å². The van der Waals surface area contributed by atoms with Crippen LogP contribution in [0, 0.1) is 5.82 Å². The Labute approximate surface area is 99.5 Å². The SMILES string of the molecule is [O]c1nc(=O)n(C2OC(CO)C(O)C2O)cc1F. The number of hydrogen-bond donors (Lipinski definition) is 3. The van der Waals surface area contributed by atoms with Gasteiger partial charge in [0, 0.05) is 0 Å². The van der Waals surface area contributed by atoms with Gasteiger partial charge in [0.1, 0.15) is 18.3 Å². The van der Waals surface area contributed by atoms with Crippen LogP contribution >= 0.6 is 0 Å². The average molecular weight is 261 g/mol. The highest BCUT2D eigenvalue weighted by molar-refractivity contribution is 5.07. The largest absolute Gasteiger partial charge is 0.394 e. The van der Waals surface area contributed by atoms with Crippen molar-refractivity contribution in [3.8, 4) is 5.88 Å². The van der Waals surface area contributed by atoms with Gasteiger partial charge in [0.2, 0.25) is 5.82 Å². The average Bonchev–Trinajstić information content (AvgIpc) is 2.61. The quantitative estimate of drug-likeness (QED) is 0.573. The Morgan fingerprint density at radius 1 is 1.44 bits per heavy atom. The standard InChI is InChI=1S/C9H10FN2O6/c10-3-1-12(9(17)11-7(3)16)8-6(15)5(14)4(2-13)18-8/h1,4-6,8,13-15H,2H2. The van der Waals surface area contributed by atoms with E-state index in [0.29, 0.717) is 10.8 Å². The van der Waals surface area contributed by atoms with Crippen molar-refractivity contribution in [2.24, 2.45) is 0 Å². The number of aromatic nitrogens is 2. The maximum atomic E-state index is 13.0. The number of rotatable bonds is 2. The van der Waals surface area contributed by atoms with Crippen molar-refractivity contribution in [3.05, 3.63) is 22.5 Å². The maximum absolute atomic E-state index is 13.0. The number of hydrogen-bond acceptors (Lipinski definition) is 6. The van der Waals surface area contributed by atoms with E-state index < -0.39 is 48.5 Å². The Balaban J connectivity index is 2.39. The fourth-order valence-corrected chi connectivity index (χ4v) is 1.72. The molecule has 4 unspecified atom stereocenters. The summed E-state index contributed by atoms with van der Waals surface area (Å²) in [6.45, 7) is -0.584. The highest BCUT2D eigenvalue weighted by atomic mass is 19.1. The van der Waals surface area contributed by atoms with Crippen molar-refractivity contribution in [1.29, 1.82) is 0 Å². The third-order valence-electron chi connectivity index (χ3n) is 2.67. The van der Waals surface area contributed by atoms with Crippen molar-refractivity contribution in [2.75, 3.05) is 6.61 Å². The van der Waals surface area contributed by atoms with Crippen LogP contribution in [-0.2, 0) is 9.84 Å². The fraction of sp³-hybridized carbons (Fsp3) is 0.556. The van der Waals surface area contributed by atoms with E-state index in [0.717, 1.165) is 0 Å². The predicted molar refractivity (Wildman–Crippen MR) is 51.6 cm³/mol. The molecule has 99 valence electrons. The van der Waals surface area contributed by atoms with E-state index >= 15 is 0 Å².